The van der Waals surface area contributed by atoms with Gasteiger partial charge in [0.05, 0.1) is 17.8 Å². The number of anilines is 1. The molecule has 0 bridgehead atoms. The van der Waals surface area contributed by atoms with Gasteiger partial charge in [0, 0.05) is 18.7 Å². The van der Waals surface area contributed by atoms with Gasteiger partial charge < -0.3 is 4.90 Å². The number of benzene rings is 2. The third-order valence-electron chi connectivity index (χ3n) is 5.63. The Morgan fingerprint density at radius 3 is 2.48 bits per heavy atom. The fourth-order valence-electron chi connectivity index (χ4n) is 3.83. The van der Waals surface area contributed by atoms with E-state index < -0.39 is 23.2 Å². The monoisotopic (exact) mass is 446 g/mol. The summed E-state index contributed by atoms with van der Waals surface area (Å²) < 4.78 is 15.7. The van der Waals surface area contributed by atoms with Crippen LogP contribution in [0.4, 0.5) is 10.1 Å². The Kier molecular flexibility index (Phi) is 4.97. The normalized spacial score (nSPS) is 15.9. The standard InChI is InChI=1S/C23H19FN6O3/c1-14-2-6-18(7-3-14)30-21-19(11-26-30)23(33)29(13-25-21)27-22(32)15-10-20(31)28(12-15)17-8-4-16(24)5-9-17/h2-9,11,13,15H,10,12H2,1H3,(H,27,32). The molecule has 0 aliphatic carbocycles. The summed E-state index contributed by atoms with van der Waals surface area (Å²) in [6.45, 7) is 2.10. The fraction of sp³-hybridized carbons (Fsp3) is 0.174. The molecule has 2 aromatic carbocycles. The predicted molar refractivity (Wildman–Crippen MR) is 119 cm³/mol. The summed E-state index contributed by atoms with van der Waals surface area (Å²) in [5.41, 5.74) is 4.78. The number of aromatic nitrogens is 4. The molecule has 1 unspecified atom stereocenters. The summed E-state index contributed by atoms with van der Waals surface area (Å²) in [5, 5.41) is 4.51. The van der Waals surface area contributed by atoms with Gasteiger partial charge in [-0.05, 0) is 43.3 Å². The maximum atomic E-state index is 13.2. The van der Waals surface area contributed by atoms with Crippen molar-refractivity contribution in [3.63, 3.8) is 0 Å². The van der Waals surface area contributed by atoms with Gasteiger partial charge in [-0.15, -0.1) is 0 Å². The van der Waals surface area contributed by atoms with E-state index in [4.69, 9.17) is 0 Å². The van der Waals surface area contributed by atoms with Gasteiger partial charge in [0.2, 0.25) is 11.8 Å². The van der Waals surface area contributed by atoms with Crippen LogP contribution in [-0.2, 0) is 9.59 Å². The van der Waals surface area contributed by atoms with Crippen molar-refractivity contribution in [3.05, 3.63) is 82.8 Å². The molecule has 10 heteroatoms. The average Bonchev–Trinajstić information content (AvgIpc) is 3.41. The van der Waals surface area contributed by atoms with Gasteiger partial charge in [-0.3, -0.25) is 19.8 Å². The van der Waals surface area contributed by atoms with Gasteiger partial charge in [-0.2, -0.15) is 5.10 Å². The van der Waals surface area contributed by atoms with Crippen LogP contribution in [0.25, 0.3) is 16.7 Å². The van der Waals surface area contributed by atoms with Crippen LogP contribution in [0, 0.1) is 18.7 Å². The lowest BCUT2D eigenvalue weighted by molar-refractivity contribution is -0.123. The molecule has 33 heavy (non-hydrogen) atoms. The second kappa shape index (κ2) is 7.97. The fourth-order valence-corrected chi connectivity index (χ4v) is 3.83. The minimum Gasteiger partial charge on any atom is -0.312 e. The number of hydrogen-bond donors (Lipinski definition) is 1. The number of aryl methyl sites for hydroxylation is 1. The molecule has 2 amide bonds. The van der Waals surface area contributed by atoms with E-state index in [1.807, 2.05) is 31.2 Å². The summed E-state index contributed by atoms with van der Waals surface area (Å²) in [7, 11) is 0. The van der Waals surface area contributed by atoms with Crippen LogP contribution in [-0.4, -0.2) is 37.8 Å². The van der Waals surface area contributed by atoms with Gasteiger partial charge in [0.25, 0.3) is 5.56 Å². The van der Waals surface area contributed by atoms with Gasteiger partial charge in [0.1, 0.15) is 17.5 Å². The quantitative estimate of drug-likeness (QED) is 0.518. The van der Waals surface area contributed by atoms with E-state index in [9.17, 15) is 18.8 Å². The SMILES string of the molecule is Cc1ccc(-n2ncc3c(=O)n(NC(=O)C4CC(=O)N(c5ccc(F)cc5)C4)cnc32)cc1. The van der Waals surface area contributed by atoms with E-state index >= 15 is 0 Å². The Morgan fingerprint density at radius 2 is 1.76 bits per heavy atom. The molecule has 1 saturated heterocycles. The Hall–Kier alpha value is -4.34. The molecule has 1 fully saturated rings. The molecule has 4 aromatic rings. The second-order valence-corrected chi connectivity index (χ2v) is 7.91. The molecule has 5 rings (SSSR count). The first-order valence-electron chi connectivity index (χ1n) is 10.3. The number of amides is 2. The van der Waals surface area contributed by atoms with Crippen LogP contribution in [0.2, 0.25) is 0 Å². The number of carbonyl (C=O) groups excluding carboxylic acids is 2. The maximum Gasteiger partial charge on any atom is 0.283 e. The van der Waals surface area contributed by atoms with E-state index in [1.54, 1.807) is 4.68 Å². The molecule has 0 spiro atoms. The smallest absolute Gasteiger partial charge is 0.283 e. The van der Waals surface area contributed by atoms with Crippen molar-refractivity contribution in [2.24, 2.45) is 5.92 Å². The van der Waals surface area contributed by atoms with Crippen LogP contribution >= 0.6 is 0 Å². The molecular formula is C23H19FN6O3. The predicted octanol–water partition coefficient (Wildman–Crippen LogP) is 2.15. The van der Waals surface area contributed by atoms with Gasteiger partial charge in [0.15, 0.2) is 5.65 Å². The molecule has 9 nitrogen and oxygen atoms in total. The summed E-state index contributed by atoms with van der Waals surface area (Å²) in [5.74, 6) is -1.81. The summed E-state index contributed by atoms with van der Waals surface area (Å²) >= 11 is 0. The molecule has 166 valence electrons. The number of rotatable bonds is 4. The van der Waals surface area contributed by atoms with Crippen molar-refractivity contribution in [3.8, 4) is 5.69 Å². The zero-order valence-electron chi connectivity index (χ0n) is 17.6. The molecule has 1 aliphatic heterocycles. The molecule has 1 aliphatic rings. The van der Waals surface area contributed by atoms with Crippen LogP contribution in [0.1, 0.15) is 12.0 Å². The summed E-state index contributed by atoms with van der Waals surface area (Å²) in [6.07, 6.45) is 2.62. The van der Waals surface area contributed by atoms with Crippen LogP contribution < -0.4 is 15.9 Å². The lowest BCUT2D eigenvalue weighted by Crippen LogP contribution is -2.37. The van der Waals surface area contributed by atoms with Gasteiger partial charge in [-0.25, -0.2) is 18.7 Å². The van der Waals surface area contributed by atoms with Gasteiger partial charge >= 0.3 is 0 Å². The number of fused-ring (bicyclic) bond motifs is 1. The van der Waals surface area contributed by atoms with Crippen molar-refractivity contribution in [1.82, 2.24) is 19.4 Å². The first kappa shape index (κ1) is 20.6. The third-order valence-corrected chi connectivity index (χ3v) is 5.63. The number of hydrogen-bond acceptors (Lipinski definition) is 5. The zero-order valence-corrected chi connectivity index (χ0v) is 17.6. The summed E-state index contributed by atoms with van der Waals surface area (Å²) in [6, 6.07) is 13.1. The van der Waals surface area contributed by atoms with Crippen molar-refractivity contribution < 1.29 is 14.0 Å². The minimum atomic E-state index is -0.666. The number of carbonyl (C=O) groups is 2. The van der Waals surface area contributed by atoms with Crippen molar-refractivity contribution >= 4 is 28.5 Å². The molecule has 3 heterocycles. The Bertz CT molecular complexity index is 1430. The van der Waals surface area contributed by atoms with Crippen LogP contribution in [0.5, 0.6) is 0 Å². The molecule has 1 N–H and O–H groups in total. The highest BCUT2D eigenvalue weighted by Gasteiger charge is 2.35. The maximum absolute atomic E-state index is 13.2. The molecule has 0 radical (unpaired) electrons. The van der Waals surface area contributed by atoms with Crippen molar-refractivity contribution in [1.29, 1.82) is 0 Å². The summed E-state index contributed by atoms with van der Waals surface area (Å²) in [4.78, 5) is 43.8. The number of halogens is 1. The molecule has 1 atom stereocenters. The highest BCUT2D eigenvalue weighted by molar-refractivity contribution is 6.01. The Labute approximate surface area is 187 Å². The number of nitrogens with one attached hydrogen (secondary N) is 1. The minimum absolute atomic E-state index is 0.0149. The average molecular weight is 446 g/mol. The van der Waals surface area contributed by atoms with Crippen molar-refractivity contribution in [2.45, 2.75) is 13.3 Å². The first-order valence-corrected chi connectivity index (χ1v) is 10.3. The highest BCUT2D eigenvalue weighted by Crippen LogP contribution is 2.25. The molecular weight excluding hydrogens is 427 g/mol. The topological polar surface area (TPSA) is 102 Å². The first-order chi connectivity index (χ1) is 15.9. The lowest BCUT2D eigenvalue weighted by atomic mass is 10.1. The Balaban J connectivity index is 1.36. The van der Waals surface area contributed by atoms with Gasteiger partial charge in [-0.1, -0.05) is 17.7 Å². The zero-order chi connectivity index (χ0) is 23.1. The van der Waals surface area contributed by atoms with E-state index in [1.165, 1.54) is 41.7 Å². The van der Waals surface area contributed by atoms with Crippen molar-refractivity contribution in [2.75, 3.05) is 16.9 Å². The van der Waals surface area contributed by atoms with Crippen LogP contribution in [0.3, 0.4) is 0 Å². The Morgan fingerprint density at radius 1 is 1.06 bits per heavy atom. The van der Waals surface area contributed by atoms with E-state index in [0.29, 0.717) is 11.3 Å². The molecule has 0 saturated carbocycles. The second-order valence-electron chi connectivity index (χ2n) is 7.91. The van der Waals surface area contributed by atoms with Crippen LogP contribution in [0.15, 0.2) is 65.8 Å². The molecule has 2 aromatic heterocycles. The van der Waals surface area contributed by atoms with E-state index in [2.05, 4.69) is 15.5 Å². The third kappa shape index (κ3) is 3.75. The van der Waals surface area contributed by atoms with E-state index in [0.717, 1.165) is 15.9 Å². The van der Waals surface area contributed by atoms with E-state index in [-0.39, 0.29) is 24.3 Å². The lowest BCUT2D eigenvalue weighted by Gasteiger charge is -2.17. The largest absolute Gasteiger partial charge is 0.312 e. The highest BCUT2D eigenvalue weighted by atomic mass is 19.1. The number of nitrogens with zero attached hydrogens (tertiary/aromatic N) is 5.